The minimum Gasteiger partial charge on any atom is -1.00 e. The molecule has 1 heterocycles. The van der Waals surface area contributed by atoms with E-state index >= 15 is 0 Å². The molecular formula is C7H37Cl4ErN2O9+8. The first-order valence-electron chi connectivity index (χ1n) is 2.94. The topological polar surface area (TPSA) is 313 Å². The minimum absolute atomic E-state index is 0. The van der Waals surface area contributed by atoms with Crippen LogP contribution in [0, 0.1) is 37.3 Å². The Hall–Kier alpha value is 0.997. The van der Waals surface area contributed by atoms with Gasteiger partial charge in [0, 0.05) is 31.9 Å². The molecule has 23 heavy (non-hydrogen) atoms. The Morgan fingerprint density at radius 2 is 0.870 bits per heavy atom. The Labute approximate surface area is 189 Å². The van der Waals surface area contributed by atoms with Crippen molar-refractivity contribution in [3.8, 4) is 0 Å². The fourth-order valence-corrected chi connectivity index (χ4v) is 0.676. The molecule has 0 fully saturated rings. The molecule has 0 aliphatic heterocycles. The summed E-state index contributed by atoms with van der Waals surface area (Å²) in [6.45, 7) is 0. The van der Waals surface area contributed by atoms with Gasteiger partial charge in [-0.15, -0.1) is 0 Å². The molecule has 0 unspecified atom stereocenters. The van der Waals surface area contributed by atoms with Crippen LogP contribution in [0.1, 0.15) is 0 Å². The third-order valence-corrected chi connectivity index (χ3v) is 1.22. The number of pyridine rings is 1. The molecule has 0 aromatic carbocycles. The average Bonchev–Trinajstić information content (AvgIpc) is 1.90. The van der Waals surface area contributed by atoms with Gasteiger partial charge in [0.25, 0.3) is 0 Å². The van der Waals surface area contributed by atoms with Crippen LogP contribution in [0.5, 0.6) is 0 Å². The molecule has 0 aliphatic carbocycles. The van der Waals surface area contributed by atoms with Gasteiger partial charge in [0.05, 0.1) is 0 Å². The molecule has 11 nitrogen and oxygen atoms in total. The van der Waals surface area contributed by atoms with Crippen molar-refractivity contribution in [2.75, 3.05) is 19.0 Å². The molecule has 161 valence electrons. The summed E-state index contributed by atoms with van der Waals surface area (Å²) in [5, 5.41) is 0. The van der Waals surface area contributed by atoms with E-state index in [2.05, 4.69) is 9.88 Å². The Bertz CT molecular complexity index is 209. The summed E-state index contributed by atoms with van der Waals surface area (Å²) in [5.74, 6) is 0. The van der Waals surface area contributed by atoms with E-state index in [0.29, 0.717) is 0 Å². The van der Waals surface area contributed by atoms with Crippen molar-refractivity contribution in [1.82, 2.24) is 0 Å². The summed E-state index contributed by atoms with van der Waals surface area (Å²) in [5.41, 5.74) is 1.22. The third-order valence-electron chi connectivity index (χ3n) is 1.22. The molecule has 1 aromatic rings. The molecule has 0 amide bonds. The van der Waals surface area contributed by atoms with Crippen molar-refractivity contribution in [1.29, 1.82) is 0 Å². The molecule has 0 saturated heterocycles. The molecule has 0 bridgehead atoms. The zero-order valence-electron chi connectivity index (χ0n) is 12.7. The molecule has 0 spiro atoms. The van der Waals surface area contributed by atoms with Crippen molar-refractivity contribution >= 4 is 5.69 Å². The summed E-state index contributed by atoms with van der Waals surface area (Å²) in [6, 6.07) is 4.06. The van der Waals surface area contributed by atoms with Crippen LogP contribution in [-0.2, 0) is 43.8 Å². The van der Waals surface area contributed by atoms with Crippen LogP contribution in [0.15, 0.2) is 24.5 Å². The number of aromatic amines is 1. The summed E-state index contributed by atoms with van der Waals surface area (Å²) >= 11 is 0. The second-order valence-electron chi connectivity index (χ2n) is 2.15. The maximum Gasteiger partial charge on any atom is 3.00 e. The molecule has 1 aromatic heterocycles. The smallest absolute Gasteiger partial charge is 1.00 e. The van der Waals surface area contributed by atoms with Crippen LogP contribution < -0.4 is 59.5 Å². The van der Waals surface area contributed by atoms with E-state index < -0.39 is 0 Å². The second-order valence-corrected chi connectivity index (χ2v) is 2.15. The molecule has 0 saturated carbocycles. The zero-order valence-corrected chi connectivity index (χ0v) is 17.6. The molecule has 0 aliphatic rings. The van der Waals surface area contributed by atoms with Gasteiger partial charge in [-0.25, -0.2) is 4.98 Å². The number of anilines is 1. The van der Waals surface area contributed by atoms with E-state index in [0.717, 1.165) is 0 Å². The third kappa shape index (κ3) is 60.0. The van der Waals surface area contributed by atoms with Crippen LogP contribution >= 0.6 is 0 Å². The summed E-state index contributed by atoms with van der Waals surface area (Å²) in [6.07, 6.45) is 3.82. The van der Waals surface area contributed by atoms with Gasteiger partial charge >= 0.3 is 37.3 Å². The Balaban J connectivity index is -0.00000000482. The first kappa shape index (κ1) is 127. The first-order chi connectivity index (χ1) is 4.30. The number of aromatic nitrogens is 1. The van der Waals surface area contributed by atoms with Crippen LogP contribution in [0.4, 0.5) is 5.69 Å². The summed E-state index contributed by atoms with van der Waals surface area (Å²) in [7, 11) is 4.05. The minimum atomic E-state index is 0. The molecule has 16 heteroatoms. The van der Waals surface area contributed by atoms with E-state index in [1.165, 1.54) is 5.69 Å². The van der Waals surface area contributed by atoms with Crippen LogP contribution in [0.25, 0.3) is 0 Å². The largest absolute Gasteiger partial charge is 3.00 e. The average molecular weight is 602 g/mol. The van der Waals surface area contributed by atoms with Crippen LogP contribution in [0.2, 0.25) is 0 Å². The second kappa shape index (κ2) is 77.3. The van der Waals surface area contributed by atoms with Crippen molar-refractivity contribution in [2.45, 2.75) is 0 Å². The van der Waals surface area contributed by atoms with Crippen molar-refractivity contribution in [2.24, 2.45) is 0 Å². The number of H-pyrrole nitrogens is 1. The fourth-order valence-electron chi connectivity index (χ4n) is 0.676. The Morgan fingerprint density at radius 3 is 1.00 bits per heavy atom. The molecule has 0 atom stereocenters. The Kier molecular flexibility index (Phi) is 427. The number of nitrogens with one attached hydrogen (secondary N) is 1. The number of hydrogen-bond acceptors (Lipinski definition) is 1. The zero-order chi connectivity index (χ0) is 6.69. The number of nitrogens with zero attached hydrogens (tertiary/aromatic N) is 1. The van der Waals surface area contributed by atoms with Gasteiger partial charge in [-0.1, -0.05) is 0 Å². The van der Waals surface area contributed by atoms with Crippen molar-refractivity contribution in [3.63, 3.8) is 0 Å². The molecule has 27 N–H and O–H groups in total. The van der Waals surface area contributed by atoms with Crippen LogP contribution in [-0.4, -0.2) is 19.6 Å². The van der Waals surface area contributed by atoms with E-state index in [-0.39, 0.29) is 136 Å². The summed E-state index contributed by atoms with van der Waals surface area (Å²) in [4.78, 5) is 5.02. The van der Waals surface area contributed by atoms with Gasteiger partial charge in [0.15, 0.2) is 12.4 Å². The van der Waals surface area contributed by atoms with Gasteiger partial charge in [0.2, 0.25) is 0 Å². The Morgan fingerprint density at radius 1 is 0.652 bits per heavy atom. The van der Waals surface area contributed by atoms with Gasteiger partial charge < -0.3 is 104 Å². The SMILES string of the molecule is CN(C)c1cc[nH+]cc1.O.[Cl-].[Cl-].[Cl-].[Cl-].[Er+3].[OH3+].[OH3+].[OH3+].[OH3+].[OH3+].[OH3+].[OH3+].[OH3+]. The predicted molar refractivity (Wildman–Crippen MR) is 79.9 cm³/mol. The number of rotatable bonds is 1. The van der Waals surface area contributed by atoms with E-state index in [4.69, 9.17) is 0 Å². The number of halogens is 4. The van der Waals surface area contributed by atoms with Gasteiger partial charge in [-0.3, -0.25) is 0 Å². The van der Waals surface area contributed by atoms with E-state index in [1.807, 2.05) is 38.6 Å². The molecule has 1 rings (SSSR count). The van der Waals surface area contributed by atoms with Gasteiger partial charge in [0.1, 0.15) is 0 Å². The maximum absolute atomic E-state index is 2.96. The van der Waals surface area contributed by atoms with E-state index in [9.17, 15) is 0 Å². The quantitative estimate of drug-likeness (QED) is 0.278. The normalized spacial score (nSPS) is 3.57. The first-order valence-corrected chi connectivity index (χ1v) is 2.94. The monoisotopic (exact) mass is 599 g/mol. The standard InChI is InChI=1S/C7H10N2.4ClH.Er.9H2O/c1-9(2)7-3-5-8-6-4-7;;;;;;;;;;;;;;/h3-6H,1-2H3;4*1H;;9*1H2/q;;;;;+3;;;;;;;;;/p+5. The molecular weight excluding hydrogens is 565 g/mol. The number of hydrogen-bond donors (Lipinski definition) is 0. The van der Waals surface area contributed by atoms with Gasteiger partial charge in [-0.05, 0) is 0 Å². The fraction of sp³-hybridized carbons (Fsp3) is 0.286. The van der Waals surface area contributed by atoms with E-state index in [1.54, 1.807) is 0 Å². The van der Waals surface area contributed by atoms with Crippen molar-refractivity contribution < 1.29 is 141 Å². The van der Waals surface area contributed by atoms with Gasteiger partial charge in [-0.2, -0.15) is 0 Å². The maximum atomic E-state index is 2.96. The summed E-state index contributed by atoms with van der Waals surface area (Å²) < 4.78 is 0. The van der Waals surface area contributed by atoms with Crippen molar-refractivity contribution in [3.05, 3.63) is 24.5 Å². The van der Waals surface area contributed by atoms with Crippen LogP contribution in [0.3, 0.4) is 0 Å². The predicted octanol–water partition coefficient (Wildman–Crippen LogP) is -19.6. The molecule has 1 radical (unpaired) electrons.